The summed E-state index contributed by atoms with van der Waals surface area (Å²) < 4.78 is 32.2. The summed E-state index contributed by atoms with van der Waals surface area (Å²) in [7, 11) is -1.97. The van der Waals surface area contributed by atoms with E-state index in [1.165, 1.54) is 15.5 Å². The number of piperidine rings is 1. The molecule has 1 aromatic carbocycles. The smallest absolute Gasteiger partial charge is 0.243 e. The van der Waals surface area contributed by atoms with Gasteiger partial charge in [-0.2, -0.15) is 4.31 Å². The molecule has 2 heterocycles. The Morgan fingerprint density at radius 2 is 1.83 bits per heavy atom. The van der Waals surface area contributed by atoms with Gasteiger partial charge in [0.2, 0.25) is 21.8 Å². The van der Waals surface area contributed by atoms with E-state index in [4.69, 9.17) is 4.42 Å². The van der Waals surface area contributed by atoms with Crippen LogP contribution in [-0.2, 0) is 26.2 Å². The summed E-state index contributed by atoms with van der Waals surface area (Å²) in [5.41, 5.74) is 0.995. The maximum absolute atomic E-state index is 12.8. The van der Waals surface area contributed by atoms with E-state index in [0.29, 0.717) is 18.6 Å². The first-order chi connectivity index (χ1) is 14.3. The minimum absolute atomic E-state index is 0.0541. The van der Waals surface area contributed by atoms with E-state index in [-0.39, 0.29) is 48.8 Å². The number of amides is 2. The largest absolute Gasteiger partial charge is 0.467 e. The summed E-state index contributed by atoms with van der Waals surface area (Å²) in [4.78, 5) is 26.4. The summed E-state index contributed by atoms with van der Waals surface area (Å²) in [5.74, 6) is -0.0750. The number of aryl methyl sites for hydroxylation is 1. The number of nitrogens with zero attached hydrogens (tertiary/aromatic N) is 2. The molecular weight excluding hydrogens is 406 g/mol. The molecule has 2 amide bonds. The molecule has 0 atom stereocenters. The molecule has 0 unspecified atom stereocenters. The Bertz CT molecular complexity index is 963. The van der Waals surface area contributed by atoms with E-state index in [0.717, 1.165) is 5.56 Å². The summed E-state index contributed by atoms with van der Waals surface area (Å²) in [6.45, 7) is 2.68. The molecule has 1 aliphatic rings. The van der Waals surface area contributed by atoms with Gasteiger partial charge < -0.3 is 14.6 Å². The molecule has 162 valence electrons. The summed E-state index contributed by atoms with van der Waals surface area (Å²) in [6.07, 6.45) is 2.40. The SMILES string of the molecule is Cc1ccc(S(=O)(=O)N2CCC(C(=O)N(C)CC(=O)NCc3ccco3)CC2)cc1. The van der Waals surface area contributed by atoms with Gasteiger partial charge >= 0.3 is 0 Å². The predicted octanol–water partition coefficient (Wildman–Crippen LogP) is 1.76. The van der Waals surface area contributed by atoms with Crippen molar-refractivity contribution >= 4 is 21.8 Å². The number of furan rings is 1. The number of hydrogen-bond acceptors (Lipinski definition) is 5. The maximum Gasteiger partial charge on any atom is 0.243 e. The summed E-state index contributed by atoms with van der Waals surface area (Å²) in [6, 6.07) is 10.3. The molecule has 0 bridgehead atoms. The normalized spacial score (nSPS) is 15.7. The Morgan fingerprint density at radius 1 is 1.17 bits per heavy atom. The van der Waals surface area contributed by atoms with Gasteiger partial charge in [0.1, 0.15) is 5.76 Å². The van der Waals surface area contributed by atoms with Crippen LogP contribution in [0.5, 0.6) is 0 Å². The molecule has 9 heteroatoms. The van der Waals surface area contributed by atoms with E-state index < -0.39 is 10.0 Å². The van der Waals surface area contributed by atoms with Gasteiger partial charge in [-0.1, -0.05) is 17.7 Å². The molecule has 1 fully saturated rings. The number of nitrogens with one attached hydrogen (secondary N) is 1. The van der Waals surface area contributed by atoms with Gasteiger partial charge in [-0.3, -0.25) is 9.59 Å². The maximum atomic E-state index is 12.8. The van der Waals surface area contributed by atoms with E-state index in [2.05, 4.69) is 5.32 Å². The van der Waals surface area contributed by atoms with Crippen LogP contribution in [0.2, 0.25) is 0 Å². The van der Waals surface area contributed by atoms with Gasteiger partial charge in [0.05, 0.1) is 24.2 Å². The third kappa shape index (κ3) is 5.28. The van der Waals surface area contributed by atoms with Crippen molar-refractivity contribution in [3.8, 4) is 0 Å². The van der Waals surface area contributed by atoms with Crippen molar-refractivity contribution in [3.05, 3.63) is 54.0 Å². The van der Waals surface area contributed by atoms with E-state index in [1.807, 2.05) is 6.92 Å². The average molecular weight is 434 g/mol. The summed E-state index contributed by atoms with van der Waals surface area (Å²) >= 11 is 0. The molecule has 0 spiro atoms. The van der Waals surface area contributed by atoms with Crippen molar-refractivity contribution in [2.45, 2.75) is 31.2 Å². The molecular formula is C21H27N3O5S. The topological polar surface area (TPSA) is 99.9 Å². The van der Waals surface area contributed by atoms with E-state index in [1.54, 1.807) is 43.4 Å². The number of sulfonamides is 1. The van der Waals surface area contributed by atoms with Gasteiger partial charge in [-0.15, -0.1) is 0 Å². The number of carbonyl (C=O) groups is 2. The number of hydrogen-bond donors (Lipinski definition) is 1. The zero-order valence-electron chi connectivity index (χ0n) is 17.2. The Labute approximate surface area is 176 Å². The molecule has 1 aliphatic heterocycles. The molecule has 2 aromatic rings. The molecule has 3 rings (SSSR count). The van der Waals surface area contributed by atoms with E-state index in [9.17, 15) is 18.0 Å². The fraction of sp³-hybridized carbons (Fsp3) is 0.429. The third-order valence-corrected chi connectivity index (χ3v) is 7.17. The van der Waals surface area contributed by atoms with Gasteiger partial charge in [0.15, 0.2) is 0 Å². The Hall–Kier alpha value is -2.65. The number of rotatable bonds is 7. The Balaban J connectivity index is 1.49. The van der Waals surface area contributed by atoms with Crippen LogP contribution in [0.1, 0.15) is 24.2 Å². The van der Waals surface area contributed by atoms with Crippen molar-refractivity contribution in [2.75, 3.05) is 26.7 Å². The van der Waals surface area contributed by atoms with Crippen molar-refractivity contribution in [1.82, 2.24) is 14.5 Å². The predicted molar refractivity (Wildman–Crippen MR) is 111 cm³/mol. The second kappa shape index (κ2) is 9.44. The van der Waals surface area contributed by atoms with Crippen LogP contribution in [0.25, 0.3) is 0 Å². The average Bonchev–Trinajstić information content (AvgIpc) is 3.26. The molecule has 8 nitrogen and oxygen atoms in total. The van der Waals surface area contributed by atoms with Crippen LogP contribution < -0.4 is 5.32 Å². The molecule has 0 radical (unpaired) electrons. The van der Waals surface area contributed by atoms with Crippen molar-refractivity contribution in [1.29, 1.82) is 0 Å². The lowest BCUT2D eigenvalue weighted by molar-refractivity contribution is -0.139. The molecule has 30 heavy (non-hydrogen) atoms. The first-order valence-corrected chi connectivity index (χ1v) is 11.3. The third-order valence-electron chi connectivity index (χ3n) is 5.26. The standard InChI is InChI=1S/C21H27N3O5S/c1-16-5-7-19(8-6-16)30(27,28)24-11-9-17(10-12-24)21(26)23(2)15-20(25)22-14-18-4-3-13-29-18/h3-8,13,17H,9-12,14-15H2,1-2H3,(H,22,25). The lowest BCUT2D eigenvalue weighted by Gasteiger charge is -2.32. The lowest BCUT2D eigenvalue weighted by atomic mass is 9.96. The first kappa shape index (κ1) is 22.0. The Morgan fingerprint density at radius 3 is 2.43 bits per heavy atom. The van der Waals surface area contributed by atoms with Crippen molar-refractivity contribution in [2.24, 2.45) is 5.92 Å². The molecule has 0 saturated carbocycles. The van der Waals surface area contributed by atoms with Gasteiger partial charge in [-0.05, 0) is 44.0 Å². The van der Waals surface area contributed by atoms with Crippen LogP contribution in [0.15, 0.2) is 52.0 Å². The van der Waals surface area contributed by atoms with Crippen molar-refractivity contribution < 1.29 is 22.4 Å². The van der Waals surface area contributed by atoms with Crippen LogP contribution >= 0.6 is 0 Å². The second-order valence-electron chi connectivity index (χ2n) is 7.54. The molecule has 0 aliphatic carbocycles. The van der Waals surface area contributed by atoms with Crippen LogP contribution in [0.3, 0.4) is 0 Å². The summed E-state index contributed by atoms with van der Waals surface area (Å²) in [5, 5.41) is 2.71. The number of benzene rings is 1. The second-order valence-corrected chi connectivity index (χ2v) is 9.48. The monoisotopic (exact) mass is 433 g/mol. The number of carbonyl (C=O) groups excluding carboxylic acids is 2. The van der Waals surface area contributed by atoms with Gasteiger partial charge in [0.25, 0.3) is 0 Å². The highest BCUT2D eigenvalue weighted by Crippen LogP contribution is 2.25. The van der Waals surface area contributed by atoms with Crippen LogP contribution in [0.4, 0.5) is 0 Å². The Kier molecular flexibility index (Phi) is 6.94. The minimum atomic E-state index is -3.56. The molecule has 1 N–H and O–H groups in total. The molecule has 1 saturated heterocycles. The highest BCUT2D eigenvalue weighted by Gasteiger charge is 2.33. The molecule has 1 aromatic heterocycles. The highest BCUT2D eigenvalue weighted by atomic mass is 32.2. The fourth-order valence-corrected chi connectivity index (χ4v) is 4.93. The first-order valence-electron chi connectivity index (χ1n) is 9.88. The minimum Gasteiger partial charge on any atom is -0.467 e. The zero-order chi connectivity index (χ0) is 21.7. The number of likely N-dealkylation sites (N-methyl/N-ethyl adjacent to an activating group) is 1. The van der Waals surface area contributed by atoms with Crippen LogP contribution in [0, 0.1) is 12.8 Å². The van der Waals surface area contributed by atoms with Gasteiger partial charge in [0, 0.05) is 26.1 Å². The fourth-order valence-electron chi connectivity index (χ4n) is 3.46. The van der Waals surface area contributed by atoms with E-state index >= 15 is 0 Å². The zero-order valence-corrected chi connectivity index (χ0v) is 18.0. The van der Waals surface area contributed by atoms with Crippen LogP contribution in [-0.4, -0.2) is 56.1 Å². The van der Waals surface area contributed by atoms with Gasteiger partial charge in [-0.25, -0.2) is 8.42 Å². The lowest BCUT2D eigenvalue weighted by Crippen LogP contribution is -2.45. The highest BCUT2D eigenvalue weighted by molar-refractivity contribution is 7.89. The van der Waals surface area contributed by atoms with Crippen molar-refractivity contribution in [3.63, 3.8) is 0 Å². The quantitative estimate of drug-likeness (QED) is 0.717.